The van der Waals surface area contributed by atoms with E-state index in [0.717, 1.165) is 12.8 Å². The molecule has 1 aromatic carbocycles. The van der Waals surface area contributed by atoms with Crippen molar-refractivity contribution in [3.8, 4) is 0 Å². The van der Waals surface area contributed by atoms with Gasteiger partial charge < -0.3 is 10.1 Å². The molecule has 0 saturated carbocycles. The van der Waals surface area contributed by atoms with Crippen molar-refractivity contribution < 1.29 is 17.9 Å². The molecule has 0 heterocycles. The van der Waals surface area contributed by atoms with Gasteiger partial charge in [-0.05, 0) is 37.4 Å². The summed E-state index contributed by atoms with van der Waals surface area (Å²) in [6, 6.07) is 8.21. The minimum atomic E-state index is -4.09. The molecule has 1 aromatic rings. The van der Waals surface area contributed by atoms with Gasteiger partial charge in [-0.15, -0.1) is 0 Å². The first-order valence-electron chi connectivity index (χ1n) is 6.94. The topological polar surface area (TPSA) is 21.3 Å². The van der Waals surface area contributed by atoms with E-state index in [4.69, 9.17) is 4.74 Å². The molecule has 0 fully saturated rings. The predicted molar refractivity (Wildman–Crippen MR) is 71.6 cm³/mol. The van der Waals surface area contributed by atoms with Crippen molar-refractivity contribution in [1.29, 1.82) is 0 Å². The van der Waals surface area contributed by atoms with Gasteiger partial charge in [0.05, 0.1) is 12.1 Å². The Labute approximate surface area is 117 Å². The highest BCUT2D eigenvalue weighted by molar-refractivity contribution is 5.33. The van der Waals surface area contributed by atoms with Crippen molar-refractivity contribution in [3.63, 3.8) is 0 Å². The molecule has 1 aliphatic carbocycles. The van der Waals surface area contributed by atoms with Crippen LogP contribution in [0.15, 0.2) is 24.3 Å². The molecule has 2 unspecified atom stereocenters. The van der Waals surface area contributed by atoms with E-state index in [9.17, 15) is 13.2 Å². The first kappa shape index (κ1) is 15.3. The Morgan fingerprint density at radius 2 is 2.05 bits per heavy atom. The van der Waals surface area contributed by atoms with Gasteiger partial charge in [0.25, 0.3) is 0 Å². The maximum absolute atomic E-state index is 12.1. The molecule has 2 rings (SSSR count). The molecular weight excluding hydrogens is 267 g/mol. The second-order valence-electron chi connectivity index (χ2n) is 5.13. The summed E-state index contributed by atoms with van der Waals surface area (Å²) in [7, 11) is 1.86. The van der Waals surface area contributed by atoms with Crippen LogP contribution in [0, 0.1) is 0 Å². The third-order valence-corrected chi connectivity index (χ3v) is 3.71. The van der Waals surface area contributed by atoms with E-state index >= 15 is 0 Å². The molecule has 0 bridgehead atoms. The maximum atomic E-state index is 12.1. The van der Waals surface area contributed by atoms with Crippen LogP contribution in [0.3, 0.4) is 0 Å². The lowest BCUT2D eigenvalue weighted by Gasteiger charge is -2.33. The van der Waals surface area contributed by atoms with E-state index in [2.05, 4.69) is 17.4 Å². The fourth-order valence-electron chi connectivity index (χ4n) is 2.76. The number of likely N-dealkylation sites (N-methyl/N-ethyl adjacent to an activating group) is 1. The number of halogens is 3. The Bertz CT molecular complexity index is 433. The second-order valence-corrected chi connectivity index (χ2v) is 5.13. The van der Waals surface area contributed by atoms with Crippen molar-refractivity contribution in [2.24, 2.45) is 0 Å². The molecule has 2 nitrogen and oxygen atoms in total. The molecule has 112 valence electrons. The fourth-order valence-corrected chi connectivity index (χ4v) is 2.76. The third-order valence-electron chi connectivity index (χ3n) is 3.71. The Balaban J connectivity index is 1.90. The number of aryl methyl sites for hydroxylation is 1. The van der Waals surface area contributed by atoms with Crippen molar-refractivity contribution >= 4 is 0 Å². The summed E-state index contributed by atoms with van der Waals surface area (Å²) in [5.74, 6) is 0. The van der Waals surface area contributed by atoms with E-state index in [0.29, 0.717) is 0 Å². The van der Waals surface area contributed by atoms with Crippen molar-refractivity contribution in [2.45, 2.75) is 44.0 Å². The number of rotatable bonds is 5. The minimum absolute atomic E-state index is 0.0259. The van der Waals surface area contributed by atoms with Gasteiger partial charge in [-0.1, -0.05) is 24.3 Å². The largest absolute Gasteiger partial charge is 0.389 e. The lowest BCUT2D eigenvalue weighted by atomic mass is 9.85. The number of benzene rings is 1. The molecule has 1 N–H and O–H groups in total. The predicted octanol–water partition coefficient (Wildman–Crippen LogP) is 3.62. The van der Waals surface area contributed by atoms with Gasteiger partial charge >= 0.3 is 6.18 Å². The highest BCUT2D eigenvalue weighted by Crippen LogP contribution is 2.32. The maximum Gasteiger partial charge on any atom is 0.389 e. The Kier molecular flexibility index (Phi) is 5.05. The van der Waals surface area contributed by atoms with Crippen LogP contribution >= 0.6 is 0 Å². The summed E-state index contributed by atoms with van der Waals surface area (Å²) in [4.78, 5) is 0. The van der Waals surface area contributed by atoms with Gasteiger partial charge in [0, 0.05) is 13.0 Å². The van der Waals surface area contributed by atoms with Crippen LogP contribution in [0.5, 0.6) is 0 Å². The molecule has 5 heteroatoms. The number of nitrogens with one attached hydrogen (secondary N) is 1. The Morgan fingerprint density at radius 1 is 1.30 bits per heavy atom. The van der Waals surface area contributed by atoms with Crippen LogP contribution in [0.2, 0.25) is 0 Å². The second kappa shape index (κ2) is 6.59. The van der Waals surface area contributed by atoms with E-state index in [1.54, 1.807) is 0 Å². The van der Waals surface area contributed by atoms with Crippen LogP contribution in [0.4, 0.5) is 13.2 Å². The first-order chi connectivity index (χ1) is 9.51. The Morgan fingerprint density at radius 3 is 2.75 bits per heavy atom. The molecule has 0 amide bonds. The fraction of sp³-hybridized carbons (Fsp3) is 0.600. The van der Waals surface area contributed by atoms with E-state index in [1.165, 1.54) is 11.1 Å². The van der Waals surface area contributed by atoms with Crippen LogP contribution in [0.25, 0.3) is 0 Å². The lowest BCUT2D eigenvalue weighted by Crippen LogP contribution is -2.36. The summed E-state index contributed by atoms with van der Waals surface area (Å²) >= 11 is 0. The monoisotopic (exact) mass is 287 g/mol. The minimum Gasteiger partial charge on any atom is -0.376 e. The molecule has 0 aromatic heterocycles. The highest BCUT2D eigenvalue weighted by Gasteiger charge is 2.30. The van der Waals surface area contributed by atoms with Crippen LogP contribution in [-0.2, 0) is 11.2 Å². The van der Waals surface area contributed by atoms with Gasteiger partial charge in [0.2, 0.25) is 0 Å². The number of ether oxygens (including phenoxy) is 1. The highest BCUT2D eigenvalue weighted by atomic mass is 19.4. The normalized spacial score (nSPS) is 22.6. The average Bonchev–Trinajstić information content (AvgIpc) is 2.42. The molecule has 20 heavy (non-hydrogen) atoms. The molecular formula is C15H20F3NO. The van der Waals surface area contributed by atoms with Crippen LogP contribution in [0.1, 0.15) is 36.4 Å². The zero-order chi connectivity index (χ0) is 14.6. The summed E-state index contributed by atoms with van der Waals surface area (Å²) in [6.07, 6.45) is -3.14. The van der Waals surface area contributed by atoms with Crippen molar-refractivity contribution in [2.75, 3.05) is 13.7 Å². The van der Waals surface area contributed by atoms with Gasteiger partial charge in [-0.3, -0.25) is 0 Å². The molecule has 0 aliphatic heterocycles. The Hall–Kier alpha value is -1.07. The molecule has 0 radical (unpaired) electrons. The number of hydrogen-bond acceptors (Lipinski definition) is 2. The van der Waals surface area contributed by atoms with Gasteiger partial charge in [-0.25, -0.2) is 0 Å². The average molecular weight is 287 g/mol. The van der Waals surface area contributed by atoms with E-state index in [-0.39, 0.29) is 25.2 Å². The zero-order valence-corrected chi connectivity index (χ0v) is 11.5. The zero-order valence-electron chi connectivity index (χ0n) is 11.5. The number of alkyl halides is 3. The molecule has 2 atom stereocenters. The van der Waals surface area contributed by atoms with Crippen molar-refractivity contribution in [3.05, 3.63) is 35.4 Å². The summed E-state index contributed by atoms with van der Waals surface area (Å²) in [6.45, 7) is 0.157. The molecule has 0 spiro atoms. The summed E-state index contributed by atoms with van der Waals surface area (Å²) in [5, 5.41) is 3.22. The first-order valence-corrected chi connectivity index (χ1v) is 6.94. The molecule has 1 aliphatic rings. The number of fused-ring (bicyclic) bond motifs is 1. The SMILES string of the molecule is CNC1c2ccccc2CCC1OCCCC(F)(F)F. The summed E-state index contributed by atoms with van der Waals surface area (Å²) < 4.78 is 42.0. The van der Waals surface area contributed by atoms with Crippen molar-refractivity contribution in [1.82, 2.24) is 5.32 Å². The lowest BCUT2D eigenvalue weighted by molar-refractivity contribution is -0.139. The van der Waals surface area contributed by atoms with Gasteiger partial charge in [0.1, 0.15) is 0 Å². The standard InChI is InChI=1S/C15H20F3NO/c1-19-14-12-6-3-2-5-11(12)7-8-13(14)20-10-4-9-15(16,17)18/h2-3,5-6,13-14,19H,4,7-10H2,1H3. The smallest absolute Gasteiger partial charge is 0.376 e. The van der Waals surface area contributed by atoms with E-state index in [1.807, 2.05) is 19.2 Å². The van der Waals surface area contributed by atoms with Gasteiger partial charge in [-0.2, -0.15) is 13.2 Å². The third kappa shape index (κ3) is 3.96. The van der Waals surface area contributed by atoms with Gasteiger partial charge in [0.15, 0.2) is 0 Å². The summed E-state index contributed by atoms with van der Waals surface area (Å²) in [5.41, 5.74) is 2.49. The van der Waals surface area contributed by atoms with Crippen LogP contribution in [-0.4, -0.2) is 25.9 Å². The number of hydrogen-bond donors (Lipinski definition) is 1. The van der Waals surface area contributed by atoms with Crippen LogP contribution < -0.4 is 5.32 Å². The quantitative estimate of drug-likeness (QED) is 0.835. The molecule has 0 saturated heterocycles. The van der Waals surface area contributed by atoms with E-state index < -0.39 is 12.6 Å².